The van der Waals surface area contributed by atoms with E-state index < -0.39 is 0 Å². The summed E-state index contributed by atoms with van der Waals surface area (Å²) in [6.45, 7) is 9.48. The van der Waals surface area contributed by atoms with Gasteiger partial charge < -0.3 is 5.32 Å². The molecule has 0 aromatic heterocycles. The van der Waals surface area contributed by atoms with E-state index in [9.17, 15) is 0 Å². The largest absolute Gasteiger partial charge is 0.313 e. The van der Waals surface area contributed by atoms with Crippen LogP contribution in [0.3, 0.4) is 0 Å². The van der Waals surface area contributed by atoms with Gasteiger partial charge in [-0.15, -0.1) is 0 Å². The van der Waals surface area contributed by atoms with Crippen molar-refractivity contribution in [2.24, 2.45) is 0 Å². The molecular weight excluding hydrogens is 232 g/mol. The molecule has 2 nitrogen and oxygen atoms in total. The number of nitrogens with one attached hydrogen (secondary N) is 1. The summed E-state index contributed by atoms with van der Waals surface area (Å²) in [7, 11) is 2.10. The average Bonchev–Trinajstić information content (AvgIpc) is 3.01. The molecule has 0 saturated carbocycles. The third kappa shape index (κ3) is 2.32. The van der Waals surface area contributed by atoms with Crippen molar-refractivity contribution in [3.05, 3.63) is 35.9 Å². The van der Waals surface area contributed by atoms with Gasteiger partial charge >= 0.3 is 0 Å². The Balaban J connectivity index is 2.49. The van der Waals surface area contributed by atoms with Crippen LogP contribution in [0.5, 0.6) is 0 Å². The van der Waals surface area contributed by atoms with Crippen LogP contribution in [-0.4, -0.2) is 30.6 Å². The molecule has 19 heavy (non-hydrogen) atoms. The number of hydrogen-bond donors (Lipinski definition) is 1. The first kappa shape index (κ1) is 14.5. The first-order chi connectivity index (χ1) is 9.08. The highest BCUT2D eigenvalue weighted by atomic mass is 15.3. The fourth-order valence-electron chi connectivity index (χ4n) is 3.54. The summed E-state index contributed by atoms with van der Waals surface area (Å²) in [5.74, 6) is 0. The lowest BCUT2D eigenvalue weighted by atomic mass is 9.71. The minimum absolute atomic E-state index is 0.0499. The van der Waals surface area contributed by atoms with E-state index in [1.165, 1.54) is 31.5 Å². The van der Waals surface area contributed by atoms with Crippen LogP contribution in [0.15, 0.2) is 30.3 Å². The van der Waals surface area contributed by atoms with E-state index in [-0.39, 0.29) is 11.1 Å². The maximum atomic E-state index is 3.60. The highest BCUT2D eigenvalue weighted by molar-refractivity contribution is 5.29. The Kier molecular flexibility index (Phi) is 4.32. The summed E-state index contributed by atoms with van der Waals surface area (Å²) in [5, 5.41) is 3.60. The summed E-state index contributed by atoms with van der Waals surface area (Å²) in [6, 6.07) is 11.0. The van der Waals surface area contributed by atoms with Gasteiger partial charge in [0.05, 0.1) is 5.54 Å². The maximum absolute atomic E-state index is 3.60. The monoisotopic (exact) mass is 260 g/mol. The zero-order valence-corrected chi connectivity index (χ0v) is 12.9. The predicted molar refractivity (Wildman–Crippen MR) is 82.4 cm³/mol. The highest BCUT2D eigenvalue weighted by Crippen LogP contribution is 2.42. The minimum Gasteiger partial charge on any atom is -0.313 e. The maximum Gasteiger partial charge on any atom is 0.0612 e. The van der Waals surface area contributed by atoms with E-state index in [4.69, 9.17) is 0 Å². The second-order valence-electron chi connectivity index (χ2n) is 6.07. The van der Waals surface area contributed by atoms with Gasteiger partial charge in [-0.3, -0.25) is 4.90 Å². The lowest BCUT2D eigenvalue weighted by molar-refractivity contribution is 0.0317. The molecule has 1 saturated heterocycles. The van der Waals surface area contributed by atoms with E-state index in [2.05, 4.69) is 68.4 Å². The third-order valence-electron chi connectivity index (χ3n) is 5.41. The van der Waals surface area contributed by atoms with Crippen molar-refractivity contribution < 1.29 is 0 Å². The summed E-state index contributed by atoms with van der Waals surface area (Å²) in [6.07, 6.45) is 3.77. The molecule has 0 spiro atoms. The molecule has 1 aliphatic heterocycles. The standard InChI is InChI=1S/C17H28N2/c1-5-16(2,18-4)17(3,19-13-9-10-14-19)15-11-7-6-8-12-15/h6-8,11-12,18H,5,9-10,13-14H2,1-4H3/t16?,17-/m1/s1. The molecule has 0 bridgehead atoms. The van der Waals surface area contributed by atoms with Gasteiger partial charge in [-0.05, 0) is 58.8 Å². The van der Waals surface area contributed by atoms with E-state index in [0.29, 0.717) is 0 Å². The highest BCUT2D eigenvalue weighted by Gasteiger charge is 2.48. The molecule has 106 valence electrons. The van der Waals surface area contributed by atoms with Crippen LogP contribution in [0.4, 0.5) is 0 Å². The molecule has 0 radical (unpaired) electrons. The molecule has 1 fully saturated rings. The fraction of sp³-hybridized carbons (Fsp3) is 0.647. The molecular formula is C17H28N2. The fourth-order valence-corrected chi connectivity index (χ4v) is 3.54. The molecule has 1 aliphatic rings. The number of benzene rings is 1. The van der Waals surface area contributed by atoms with Gasteiger partial charge in [-0.25, -0.2) is 0 Å². The van der Waals surface area contributed by atoms with E-state index in [1.54, 1.807) is 0 Å². The van der Waals surface area contributed by atoms with Crippen LogP contribution in [0.1, 0.15) is 45.6 Å². The van der Waals surface area contributed by atoms with Crippen LogP contribution in [0.2, 0.25) is 0 Å². The van der Waals surface area contributed by atoms with Crippen molar-refractivity contribution in [3.8, 4) is 0 Å². The number of hydrogen-bond acceptors (Lipinski definition) is 2. The first-order valence-electron chi connectivity index (χ1n) is 7.58. The van der Waals surface area contributed by atoms with Crippen LogP contribution in [-0.2, 0) is 5.54 Å². The van der Waals surface area contributed by atoms with Gasteiger partial charge in [0.1, 0.15) is 0 Å². The van der Waals surface area contributed by atoms with E-state index >= 15 is 0 Å². The van der Waals surface area contributed by atoms with Crippen molar-refractivity contribution in [2.75, 3.05) is 20.1 Å². The molecule has 1 N–H and O–H groups in total. The Morgan fingerprint density at radius 3 is 2.16 bits per heavy atom. The third-order valence-corrected chi connectivity index (χ3v) is 5.41. The quantitative estimate of drug-likeness (QED) is 0.873. The van der Waals surface area contributed by atoms with Crippen LogP contribution in [0, 0.1) is 0 Å². The first-order valence-corrected chi connectivity index (χ1v) is 7.58. The minimum atomic E-state index is 0.0499. The second-order valence-corrected chi connectivity index (χ2v) is 6.07. The molecule has 2 atom stereocenters. The summed E-state index contributed by atoms with van der Waals surface area (Å²) in [4.78, 5) is 2.67. The van der Waals surface area contributed by atoms with Crippen LogP contribution < -0.4 is 5.32 Å². The van der Waals surface area contributed by atoms with Gasteiger partial charge in [0.2, 0.25) is 0 Å². The van der Waals surface area contributed by atoms with E-state index in [0.717, 1.165) is 6.42 Å². The van der Waals surface area contributed by atoms with E-state index in [1.807, 2.05) is 0 Å². The average molecular weight is 260 g/mol. The Morgan fingerprint density at radius 1 is 1.11 bits per heavy atom. The Morgan fingerprint density at radius 2 is 1.68 bits per heavy atom. The number of likely N-dealkylation sites (tertiary alicyclic amines) is 1. The molecule has 1 heterocycles. The summed E-state index contributed by atoms with van der Waals surface area (Å²) < 4.78 is 0. The molecule has 2 heteroatoms. The lowest BCUT2D eigenvalue weighted by Crippen LogP contribution is -2.63. The Bertz CT molecular complexity index is 391. The van der Waals surface area contributed by atoms with Crippen molar-refractivity contribution in [3.63, 3.8) is 0 Å². The van der Waals surface area contributed by atoms with Gasteiger partial charge in [-0.2, -0.15) is 0 Å². The molecule has 2 rings (SSSR count). The Hall–Kier alpha value is -0.860. The van der Waals surface area contributed by atoms with Gasteiger partial charge in [0, 0.05) is 5.54 Å². The smallest absolute Gasteiger partial charge is 0.0612 e. The van der Waals surface area contributed by atoms with Crippen molar-refractivity contribution >= 4 is 0 Å². The van der Waals surface area contributed by atoms with Gasteiger partial charge in [-0.1, -0.05) is 37.3 Å². The predicted octanol–water partition coefficient (Wildman–Crippen LogP) is 3.39. The van der Waals surface area contributed by atoms with Crippen molar-refractivity contribution in [1.29, 1.82) is 0 Å². The van der Waals surface area contributed by atoms with Gasteiger partial charge in [0.15, 0.2) is 0 Å². The molecule has 0 amide bonds. The summed E-state index contributed by atoms with van der Waals surface area (Å²) in [5.41, 5.74) is 1.56. The normalized spacial score (nSPS) is 22.9. The van der Waals surface area contributed by atoms with Crippen LogP contribution >= 0.6 is 0 Å². The number of nitrogens with zero attached hydrogens (tertiary/aromatic N) is 1. The number of rotatable bonds is 5. The molecule has 1 unspecified atom stereocenters. The van der Waals surface area contributed by atoms with Crippen molar-refractivity contribution in [1.82, 2.24) is 10.2 Å². The zero-order valence-electron chi connectivity index (χ0n) is 12.9. The topological polar surface area (TPSA) is 15.3 Å². The molecule has 0 aliphatic carbocycles. The van der Waals surface area contributed by atoms with Crippen molar-refractivity contribution in [2.45, 2.75) is 51.1 Å². The lowest BCUT2D eigenvalue weighted by Gasteiger charge is -2.52. The summed E-state index contributed by atoms with van der Waals surface area (Å²) >= 11 is 0. The SMILES string of the molecule is CCC(C)(NC)[C@@](C)(c1ccccc1)N1CCCC1. The number of likely N-dealkylation sites (N-methyl/N-ethyl adjacent to an activating group) is 1. The molecule has 1 aromatic carbocycles. The Labute approximate surface area is 118 Å². The molecule has 1 aromatic rings. The van der Waals surface area contributed by atoms with Gasteiger partial charge in [0.25, 0.3) is 0 Å². The second kappa shape index (κ2) is 5.64. The zero-order chi connectivity index (χ0) is 13.9. The van der Waals surface area contributed by atoms with Crippen LogP contribution in [0.25, 0.3) is 0 Å².